The molecule has 0 saturated heterocycles. The van der Waals surface area contributed by atoms with Crippen LogP contribution in [0.15, 0.2) is 79.1 Å². The van der Waals surface area contributed by atoms with Gasteiger partial charge in [-0.3, -0.25) is 9.88 Å². The van der Waals surface area contributed by atoms with Crippen molar-refractivity contribution in [3.8, 4) is 5.75 Å². The average Bonchev–Trinajstić information content (AvgIpc) is 2.72. The molecule has 0 radical (unpaired) electrons. The molecule has 1 heterocycles. The fraction of sp³-hybridized carbons (Fsp3) is 0.143. The Morgan fingerprint density at radius 3 is 2.58 bits per heavy atom. The number of hydrogen-bond acceptors (Lipinski definition) is 3. The zero-order valence-corrected chi connectivity index (χ0v) is 14.6. The molecule has 0 fully saturated rings. The summed E-state index contributed by atoms with van der Waals surface area (Å²) in [6.45, 7) is 0.884. The van der Waals surface area contributed by atoms with Gasteiger partial charge in [-0.1, -0.05) is 42.5 Å². The third kappa shape index (κ3) is 4.60. The Labute approximate surface area is 153 Å². The van der Waals surface area contributed by atoms with E-state index in [0.717, 1.165) is 16.8 Å². The van der Waals surface area contributed by atoms with E-state index in [1.165, 1.54) is 0 Å². The van der Waals surface area contributed by atoms with E-state index in [1.807, 2.05) is 66.7 Å². The molecule has 2 aromatic carbocycles. The Bertz CT molecular complexity index is 838. The SMILES string of the molecule is COc1cccc(N(Cc2cccnc2)C(=O)NCc2ccccc2)c1. The van der Waals surface area contributed by atoms with Gasteiger partial charge in [0.15, 0.2) is 0 Å². The van der Waals surface area contributed by atoms with Crippen LogP contribution in [0.4, 0.5) is 10.5 Å². The van der Waals surface area contributed by atoms with E-state index in [-0.39, 0.29) is 6.03 Å². The Morgan fingerprint density at radius 1 is 1.04 bits per heavy atom. The number of nitrogens with zero attached hydrogens (tertiary/aromatic N) is 2. The first-order valence-corrected chi connectivity index (χ1v) is 8.38. The van der Waals surface area contributed by atoms with Crippen molar-refractivity contribution >= 4 is 11.7 Å². The second kappa shape index (κ2) is 8.67. The van der Waals surface area contributed by atoms with Crippen LogP contribution in [0.1, 0.15) is 11.1 Å². The Morgan fingerprint density at radius 2 is 1.85 bits per heavy atom. The molecule has 0 atom stereocenters. The van der Waals surface area contributed by atoms with E-state index in [2.05, 4.69) is 10.3 Å². The lowest BCUT2D eigenvalue weighted by Gasteiger charge is -2.24. The number of benzene rings is 2. The Hall–Kier alpha value is -3.34. The number of carbonyl (C=O) groups excluding carboxylic acids is 1. The summed E-state index contributed by atoms with van der Waals surface area (Å²) in [7, 11) is 1.61. The predicted octanol–water partition coefficient (Wildman–Crippen LogP) is 4.01. The van der Waals surface area contributed by atoms with Crippen LogP contribution < -0.4 is 15.0 Å². The molecule has 1 aromatic heterocycles. The van der Waals surface area contributed by atoms with Gasteiger partial charge in [-0.05, 0) is 29.3 Å². The minimum absolute atomic E-state index is 0.175. The van der Waals surface area contributed by atoms with Crippen LogP contribution >= 0.6 is 0 Å². The second-order valence-corrected chi connectivity index (χ2v) is 5.79. The number of anilines is 1. The number of carbonyl (C=O) groups is 1. The molecule has 0 saturated carbocycles. The zero-order chi connectivity index (χ0) is 18.2. The summed E-state index contributed by atoms with van der Waals surface area (Å²) in [5.41, 5.74) is 2.76. The lowest BCUT2D eigenvalue weighted by Crippen LogP contribution is -2.39. The highest BCUT2D eigenvalue weighted by atomic mass is 16.5. The molecule has 0 aliphatic heterocycles. The van der Waals surface area contributed by atoms with Gasteiger partial charge < -0.3 is 10.1 Å². The van der Waals surface area contributed by atoms with Gasteiger partial charge in [-0.2, -0.15) is 0 Å². The van der Waals surface area contributed by atoms with Gasteiger partial charge in [-0.25, -0.2) is 4.79 Å². The maximum atomic E-state index is 12.9. The highest BCUT2D eigenvalue weighted by Gasteiger charge is 2.17. The standard InChI is InChI=1S/C21H21N3O2/c1-26-20-11-5-10-19(13-20)24(16-18-9-6-12-22-14-18)21(25)23-15-17-7-3-2-4-8-17/h2-14H,15-16H2,1H3,(H,23,25). The number of urea groups is 1. The Balaban J connectivity index is 1.80. The van der Waals surface area contributed by atoms with Crippen molar-refractivity contribution in [1.82, 2.24) is 10.3 Å². The van der Waals surface area contributed by atoms with Crippen LogP contribution in [0.25, 0.3) is 0 Å². The first-order chi connectivity index (χ1) is 12.8. The normalized spacial score (nSPS) is 10.2. The molecule has 5 heteroatoms. The minimum atomic E-state index is -0.175. The molecule has 5 nitrogen and oxygen atoms in total. The van der Waals surface area contributed by atoms with Crippen LogP contribution in [0, 0.1) is 0 Å². The molecular weight excluding hydrogens is 326 g/mol. The summed E-state index contributed by atoms with van der Waals surface area (Å²) >= 11 is 0. The molecule has 2 amide bonds. The number of nitrogens with one attached hydrogen (secondary N) is 1. The smallest absolute Gasteiger partial charge is 0.322 e. The average molecular weight is 347 g/mol. The Kier molecular flexibility index (Phi) is 5.83. The fourth-order valence-corrected chi connectivity index (χ4v) is 2.60. The summed E-state index contributed by atoms with van der Waals surface area (Å²) in [6.07, 6.45) is 3.48. The number of amides is 2. The molecular formula is C21H21N3O2. The van der Waals surface area contributed by atoms with Gasteiger partial charge in [0.1, 0.15) is 5.75 Å². The molecule has 0 spiro atoms. The van der Waals surface area contributed by atoms with E-state index in [1.54, 1.807) is 24.4 Å². The van der Waals surface area contributed by atoms with Crippen LogP contribution in [0.2, 0.25) is 0 Å². The van der Waals surface area contributed by atoms with Gasteiger partial charge >= 0.3 is 6.03 Å². The molecule has 3 aromatic rings. The lowest BCUT2D eigenvalue weighted by molar-refractivity contribution is 0.245. The van der Waals surface area contributed by atoms with Crippen LogP contribution in [-0.2, 0) is 13.1 Å². The van der Waals surface area contributed by atoms with Crippen LogP contribution in [0.3, 0.4) is 0 Å². The summed E-state index contributed by atoms with van der Waals surface area (Å²) in [6, 6.07) is 20.9. The summed E-state index contributed by atoms with van der Waals surface area (Å²) in [5, 5.41) is 2.98. The van der Waals surface area contributed by atoms with Gasteiger partial charge in [0.05, 0.1) is 13.7 Å². The topological polar surface area (TPSA) is 54.5 Å². The highest BCUT2D eigenvalue weighted by Crippen LogP contribution is 2.23. The third-order valence-corrected chi connectivity index (χ3v) is 3.96. The van der Waals surface area contributed by atoms with Gasteiger partial charge in [-0.15, -0.1) is 0 Å². The lowest BCUT2D eigenvalue weighted by atomic mass is 10.2. The fourth-order valence-electron chi connectivity index (χ4n) is 2.60. The number of pyridine rings is 1. The molecule has 0 bridgehead atoms. The van der Waals surface area contributed by atoms with Crippen molar-refractivity contribution in [3.05, 3.63) is 90.3 Å². The van der Waals surface area contributed by atoms with Crippen molar-refractivity contribution in [3.63, 3.8) is 0 Å². The summed E-state index contributed by atoms with van der Waals surface area (Å²) < 4.78 is 5.29. The van der Waals surface area contributed by atoms with Gasteiger partial charge in [0.2, 0.25) is 0 Å². The van der Waals surface area contributed by atoms with Crippen molar-refractivity contribution < 1.29 is 9.53 Å². The van der Waals surface area contributed by atoms with E-state index in [9.17, 15) is 4.79 Å². The highest BCUT2D eigenvalue weighted by molar-refractivity contribution is 5.92. The maximum absolute atomic E-state index is 12.9. The largest absolute Gasteiger partial charge is 0.497 e. The molecule has 26 heavy (non-hydrogen) atoms. The van der Waals surface area contributed by atoms with Crippen molar-refractivity contribution in [2.45, 2.75) is 13.1 Å². The van der Waals surface area contributed by atoms with Crippen molar-refractivity contribution in [1.29, 1.82) is 0 Å². The van der Waals surface area contributed by atoms with E-state index in [0.29, 0.717) is 18.8 Å². The van der Waals surface area contributed by atoms with Crippen LogP contribution in [-0.4, -0.2) is 18.1 Å². The quantitative estimate of drug-likeness (QED) is 0.733. The third-order valence-electron chi connectivity index (χ3n) is 3.96. The summed E-state index contributed by atoms with van der Waals surface area (Å²) in [5.74, 6) is 0.703. The first kappa shape index (κ1) is 17.5. The maximum Gasteiger partial charge on any atom is 0.322 e. The van der Waals surface area contributed by atoms with Crippen molar-refractivity contribution in [2.24, 2.45) is 0 Å². The summed E-state index contributed by atoms with van der Waals surface area (Å²) in [4.78, 5) is 18.7. The van der Waals surface area contributed by atoms with E-state index < -0.39 is 0 Å². The second-order valence-electron chi connectivity index (χ2n) is 5.79. The number of ether oxygens (including phenoxy) is 1. The molecule has 132 valence electrons. The van der Waals surface area contributed by atoms with Crippen LogP contribution in [0.5, 0.6) is 5.75 Å². The number of aromatic nitrogens is 1. The number of hydrogen-bond donors (Lipinski definition) is 1. The van der Waals surface area contributed by atoms with Gasteiger partial charge in [0.25, 0.3) is 0 Å². The molecule has 0 aliphatic carbocycles. The van der Waals surface area contributed by atoms with E-state index in [4.69, 9.17) is 4.74 Å². The zero-order valence-electron chi connectivity index (χ0n) is 14.6. The van der Waals surface area contributed by atoms with Crippen molar-refractivity contribution in [2.75, 3.05) is 12.0 Å². The predicted molar refractivity (Wildman–Crippen MR) is 102 cm³/mol. The first-order valence-electron chi connectivity index (χ1n) is 8.38. The molecule has 0 unspecified atom stereocenters. The number of methoxy groups -OCH3 is 1. The monoisotopic (exact) mass is 347 g/mol. The molecule has 3 rings (SSSR count). The van der Waals surface area contributed by atoms with E-state index >= 15 is 0 Å². The molecule has 0 aliphatic rings. The number of rotatable bonds is 6. The van der Waals surface area contributed by atoms with Gasteiger partial charge in [0, 0.05) is 30.7 Å². The molecule has 1 N–H and O–H groups in total. The minimum Gasteiger partial charge on any atom is -0.497 e.